The molecule has 2 nitrogen and oxygen atoms in total. The summed E-state index contributed by atoms with van der Waals surface area (Å²) in [6, 6.07) is 6.10. The normalized spacial score (nSPS) is 12.1. The molecule has 19 heavy (non-hydrogen) atoms. The highest BCUT2D eigenvalue weighted by Crippen LogP contribution is 2.31. The van der Waals surface area contributed by atoms with Gasteiger partial charge in [-0.2, -0.15) is 0 Å². The fourth-order valence-electron chi connectivity index (χ4n) is 2.02. The van der Waals surface area contributed by atoms with E-state index in [4.69, 9.17) is 11.6 Å². The molecule has 0 fully saturated rings. The number of fused-ring (bicyclic) bond motifs is 1. The zero-order chi connectivity index (χ0) is 14.0. The number of nitrogens with one attached hydrogen (secondary N) is 1. The van der Waals surface area contributed by atoms with Gasteiger partial charge in [0.1, 0.15) is 0 Å². The average Bonchev–Trinajstić information content (AvgIpc) is 2.78. The van der Waals surface area contributed by atoms with Crippen LogP contribution in [0.2, 0.25) is 5.02 Å². The van der Waals surface area contributed by atoms with Crippen LogP contribution in [-0.2, 0) is 0 Å². The van der Waals surface area contributed by atoms with E-state index in [0.29, 0.717) is 10.9 Å². The third-order valence-corrected chi connectivity index (χ3v) is 3.39. The van der Waals surface area contributed by atoms with Gasteiger partial charge in [-0.05, 0) is 36.9 Å². The second-order valence-electron chi connectivity index (χ2n) is 4.74. The van der Waals surface area contributed by atoms with Crippen LogP contribution >= 0.6 is 11.6 Å². The number of benzene rings is 1. The Balaban J connectivity index is 2.63. The summed E-state index contributed by atoms with van der Waals surface area (Å²) in [5.74, 6) is 0.454. The Hall–Kier alpha value is -1.80. The number of hydrogen-bond acceptors (Lipinski definition) is 1. The number of hydrogen-bond donors (Lipinski definition) is 1. The van der Waals surface area contributed by atoms with Crippen molar-refractivity contribution in [1.82, 2.24) is 4.98 Å². The summed E-state index contributed by atoms with van der Waals surface area (Å²) >= 11 is 6.32. The van der Waals surface area contributed by atoms with Gasteiger partial charge < -0.3 is 4.98 Å². The fraction of sp³-hybridized carbons (Fsp3) is 0.188. The Kier molecular flexibility index (Phi) is 3.91. The summed E-state index contributed by atoms with van der Waals surface area (Å²) in [6.45, 7) is 11.6. The maximum atomic E-state index is 6.32. The molecule has 0 unspecified atom stereocenters. The molecule has 0 bridgehead atoms. The van der Waals surface area contributed by atoms with E-state index >= 15 is 0 Å². The van der Waals surface area contributed by atoms with Crippen molar-refractivity contribution in [3.8, 4) is 0 Å². The first-order chi connectivity index (χ1) is 9.06. The molecule has 1 heterocycles. The lowest BCUT2D eigenvalue weighted by Crippen LogP contribution is -1.85. The standard InChI is InChI=1S/C16H17ClN2/c1-5-6-14(18-4)12-9-16-11(7-13(12)17)8-15(19-16)10(2)3/h5-10,19H,1,4H2,2-3H3/b14-6-. The van der Waals surface area contributed by atoms with Gasteiger partial charge in [0.2, 0.25) is 0 Å². The minimum Gasteiger partial charge on any atom is -0.358 e. The second-order valence-corrected chi connectivity index (χ2v) is 5.15. The van der Waals surface area contributed by atoms with E-state index in [1.165, 1.54) is 5.69 Å². The van der Waals surface area contributed by atoms with E-state index < -0.39 is 0 Å². The van der Waals surface area contributed by atoms with E-state index in [-0.39, 0.29) is 0 Å². The van der Waals surface area contributed by atoms with Gasteiger partial charge >= 0.3 is 0 Å². The van der Waals surface area contributed by atoms with Gasteiger partial charge in [0.25, 0.3) is 0 Å². The first-order valence-corrected chi connectivity index (χ1v) is 6.56. The molecule has 3 heteroatoms. The smallest absolute Gasteiger partial charge is 0.0710 e. The van der Waals surface area contributed by atoms with E-state index in [0.717, 1.165) is 22.2 Å². The third kappa shape index (κ3) is 2.64. The number of allylic oxidation sites excluding steroid dienone is 2. The van der Waals surface area contributed by atoms with Gasteiger partial charge in [-0.3, -0.25) is 4.99 Å². The van der Waals surface area contributed by atoms with Crippen molar-refractivity contribution in [1.29, 1.82) is 0 Å². The molecule has 0 aliphatic heterocycles. The number of rotatable bonds is 4. The van der Waals surface area contributed by atoms with Crippen LogP contribution in [0.25, 0.3) is 16.6 Å². The number of halogens is 1. The third-order valence-electron chi connectivity index (χ3n) is 3.07. The van der Waals surface area contributed by atoms with E-state index in [1.807, 2.05) is 12.1 Å². The van der Waals surface area contributed by atoms with Gasteiger partial charge in [0.05, 0.1) is 10.7 Å². The SMILES string of the molecule is C=C/C=C(\N=C)c1cc2[nH]c(C(C)C)cc2cc1Cl. The summed E-state index contributed by atoms with van der Waals surface area (Å²) in [5, 5.41) is 1.78. The average molecular weight is 273 g/mol. The van der Waals surface area contributed by atoms with E-state index in [9.17, 15) is 0 Å². The maximum Gasteiger partial charge on any atom is 0.0710 e. The van der Waals surface area contributed by atoms with Crippen LogP contribution < -0.4 is 0 Å². The summed E-state index contributed by atoms with van der Waals surface area (Å²) in [4.78, 5) is 7.41. The van der Waals surface area contributed by atoms with Crippen LogP contribution in [0.4, 0.5) is 0 Å². The number of H-pyrrole nitrogens is 1. The molecule has 2 rings (SSSR count). The molecule has 0 amide bonds. The van der Waals surface area contributed by atoms with Crippen LogP contribution in [-0.4, -0.2) is 11.7 Å². The van der Waals surface area contributed by atoms with Crippen molar-refractivity contribution in [2.75, 3.05) is 0 Å². The highest BCUT2D eigenvalue weighted by atomic mass is 35.5. The summed E-state index contributed by atoms with van der Waals surface area (Å²) in [6.07, 6.45) is 3.48. The minimum atomic E-state index is 0.454. The molecule has 2 aromatic rings. The van der Waals surface area contributed by atoms with Crippen LogP contribution in [0.3, 0.4) is 0 Å². The topological polar surface area (TPSA) is 28.1 Å². The molecule has 98 valence electrons. The minimum absolute atomic E-state index is 0.454. The Morgan fingerprint density at radius 3 is 2.68 bits per heavy atom. The largest absolute Gasteiger partial charge is 0.358 e. The number of aliphatic imine (C=N–C) groups is 1. The summed E-state index contributed by atoms with van der Waals surface area (Å²) in [5.41, 5.74) is 3.84. The van der Waals surface area contributed by atoms with Crippen LogP contribution in [0.1, 0.15) is 31.0 Å². The summed E-state index contributed by atoms with van der Waals surface area (Å²) in [7, 11) is 0. The Morgan fingerprint density at radius 2 is 2.11 bits per heavy atom. The molecular weight excluding hydrogens is 256 g/mol. The quantitative estimate of drug-likeness (QED) is 0.587. The molecule has 0 spiro atoms. The van der Waals surface area contributed by atoms with Gasteiger partial charge in [-0.15, -0.1) is 0 Å². The lowest BCUT2D eigenvalue weighted by molar-refractivity contribution is 0.836. The fourth-order valence-corrected chi connectivity index (χ4v) is 2.29. The van der Waals surface area contributed by atoms with Crippen LogP contribution in [0.5, 0.6) is 0 Å². The van der Waals surface area contributed by atoms with Gasteiger partial charge in [0, 0.05) is 22.2 Å². The lowest BCUT2D eigenvalue weighted by atomic mass is 10.1. The van der Waals surface area contributed by atoms with Crippen molar-refractivity contribution in [3.05, 3.63) is 53.2 Å². The molecule has 0 aliphatic carbocycles. The molecule has 0 saturated heterocycles. The molecule has 0 radical (unpaired) electrons. The zero-order valence-corrected chi connectivity index (χ0v) is 12.0. The van der Waals surface area contributed by atoms with Crippen molar-refractivity contribution < 1.29 is 0 Å². The molecule has 1 aromatic carbocycles. The summed E-state index contributed by atoms with van der Waals surface area (Å²) < 4.78 is 0. The number of nitrogens with zero attached hydrogens (tertiary/aromatic N) is 1. The first kappa shape index (κ1) is 13.6. The number of aromatic amines is 1. The molecule has 1 N–H and O–H groups in total. The predicted octanol–water partition coefficient (Wildman–Crippen LogP) is 5.17. The van der Waals surface area contributed by atoms with Crippen molar-refractivity contribution >= 4 is 34.9 Å². The molecular formula is C16H17ClN2. The predicted molar refractivity (Wildman–Crippen MR) is 85.1 cm³/mol. The first-order valence-electron chi connectivity index (χ1n) is 6.18. The monoisotopic (exact) mass is 272 g/mol. The van der Waals surface area contributed by atoms with Crippen molar-refractivity contribution in [2.45, 2.75) is 19.8 Å². The molecule has 0 atom stereocenters. The number of aromatic nitrogens is 1. The van der Waals surface area contributed by atoms with Crippen LogP contribution in [0.15, 0.2) is 41.9 Å². The van der Waals surface area contributed by atoms with Crippen LogP contribution in [0, 0.1) is 0 Å². The highest BCUT2D eigenvalue weighted by Gasteiger charge is 2.10. The van der Waals surface area contributed by atoms with Gasteiger partial charge in [-0.1, -0.05) is 38.1 Å². The molecule has 0 aliphatic rings. The second kappa shape index (κ2) is 5.45. The lowest BCUT2D eigenvalue weighted by Gasteiger charge is -2.04. The van der Waals surface area contributed by atoms with Crippen molar-refractivity contribution in [2.24, 2.45) is 4.99 Å². The zero-order valence-electron chi connectivity index (χ0n) is 11.2. The van der Waals surface area contributed by atoms with Gasteiger partial charge in [0.15, 0.2) is 0 Å². The van der Waals surface area contributed by atoms with Crippen molar-refractivity contribution in [3.63, 3.8) is 0 Å². The van der Waals surface area contributed by atoms with E-state index in [2.05, 4.69) is 43.2 Å². The highest BCUT2D eigenvalue weighted by molar-refractivity contribution is 6.33. The Labute approximate surface area is 118 Å². The Morgan fingerprint density at radius 1 is 1.37 bits per heavy atom. The van der Waals surface area contributed by atoms with E-state index in [1.54, 1.807) is 12.2 Å². The maximum absolute atomic E-state index is 6.32. The molecule has 1 aromatic heterocycles. The molecule has 0 saturated carbocycles. The van der Waals surface area contributed by atoms with Gasteiger partial charge in [-0.25, -0.2) is 0 Å². The Bertz CT molecular complexity index is 663.